The van der Waals surface area contributed by atoms with E-state index in [1.807, 2.05) is 0 Å². The quantitative estimate of drug-likeness (QED) is 0.172. The third kappa shape index (κ3) is 4.33. The van der Waals surface area contributed by atoms with Crippen LogP contribution >= 0.6 is 11.3 Å². The van der Waals surface area contributed by atoms with E-state index in [1.54, 1.807) is 61.5 Å². The zero-order valence-electron chi connectivity index (χ0n) is 19.1. The number of hydrogen-bond acceptors (Lipinski definition) is 8. The van der Waals surface area contributed by atoms with Gasteiger partial charge in [-0.15, -0.1) is 0 Å². The van der Waals surface area contributed by atoms with Crippen LogP contribution in [0.4, 0.5) is 5.13 Å². The first-order chi connectivity index (χ1) is 16.9. The molecule has 2 heterocycles. The molecule has 8 nitrogen and oxygen atoms in total. The normalized spacial score (nSPS) is 16.9. The molecule has 9 heteroatoms. The number of benzene rings is 2. The Morgan fingerprint density at radius 1 is 1.17 bits per heavy atom. The Kier molecular flexibility index (Phi) is 6.79. The van der Waals surface area contributed by atoms with Crippen LogP contribution in [-0.4, -0.2) is 41.5 Å². The van der Waals surface area contributed by atoms with E-state index in [1.165, 1.54) is 18.1 Å². The van der Waals surface area contributed by atoms with E-state index in [9.17, 15) is 19.5 Å². The number of rotatable bonds is 7. The Hall–Kier alpha value is -4.24. The molecular formula is C26H22N2O6S. The average Bonchev–Trinajstić information content (AvgIpc) is 3.39. The molecule has 4 rings (SSSR count). The van der Waals surface area contributed by atoms with E-state index in [2.05, 4.69) is 11.6 Å². The van der Waals surface area contributed by atoms with Gasteiger partial charge in [-0.2, -0.15) is 0 Å². The van der Waals surface area contributed by atoms with Crippen LogP contribution in [0.25, 0.3) is 5.76 Å². The molecule has 35 heavy (non-hydrogen) atoms. The van der Waals surface area contributed by atoms with Crippen molar-refractivity contribution in [3.05, 3.63) is 94.5 Å². The number of aliphatic hydroxyl groups is 1. The van der Waals surface area contributed by atoms with E-state index in [4.69, 9.17) is 9.47 Å². The maximum atomic E-state index is 13.3. The van der Waals surface area contributed by atoms with Crippen molar-refractivity contribution in [2.24, 2.45) is 0 Å². The van der Waals surface area contributed by atoms with Gasteiger partial charge in [0, 0.05) is 11.1 Å². The van der Waals surface area contributed by atoms with Crippen LogP contribution in [0.5, 0.6) is 5.75 Å². The smallest absolute Gasteiger partial charge is 0.350 e. The molecule has 0 saturated carbocycles. The van der Waals surface area contributed by atoms with Gasteiger partial charge in [0.05, 0.1) is 18.4 Å². The zero-order chi connectivity index (χ0) is 25.1. The molecule has 2 aromatic carbocycles. The first kappa shape index (κ1) is 23.9. The van der Waals surface area contributed by atoms with Crippen molar-refractivity contribution >= 4 is 39.9 Å². The number of aryl methyl sites for hydroxylation is 1. The molecule has 1 amide bonds. The minimum absolute atomic E-state index is 0.0221. The monoisotopic (exact) mass is 490 g/mol. The molecule has 1 aromatic heterocycles. The van der Waals surface area contributed by atoms with Crippen molar-refractivity contribution in [3.63, 3.8) is 0 Å². The lowest BCUT2D eigenvalue weighted by molar-refractivity contribution is -0.132. The second kappa shape index (κ2) is 9.94. The molecular weight excluding hydrogens is 468 g/mol. The number of thiazole rings is 1. The molecule has 3 aromatic rings. The maximum Gasteiger partial charge on any atom is 0.350 e. The van der Waals surface area contributed by atoms with Gasteiger partial charge in [-0.05, 0) is 13.0 Å². The van der Waals surface area contributed by atoms with E-state index in [-0.39, 0.29) is 27.9 Å². The van der Waals surface area contributed by atoms with Gasteiger partial charge in [0.25, 0.3) is 5.78 Å². The van der Waals surface area contributed by atoms with Crippen LogP contribution in [0.1, 0.15) is 32.5 Å². The highest BCUT2D eigenvalue weighted by molar-refractivity contribution is 7.17. The second-order valence-electron chi connectivity index (χ2n) is 7.58. The highest BCUT2D eigenvalue weighted by Crippen LogP contribution is 2.46. The predicted molar refractivity (Wildman–Crippen MR) is 132 cm³/mol. The number of carbonyl (C=O) groups excluding carboxylic acids is 3. The molecule has 1 N–H and O–H groups in total. The van der Waals surface area contributed by atoms with Gasteiger partial charge < -0.3 is 14.6 Å². The number of amides is 1. The number of aliphatic hydroxyl groups excluding tert-OH is 1. The topological polar surface area (TPSA) is 106 Å². The summed E-state index contributed by atoms with van der Waals surface area (Å²) in [5.41, 5.74) is 1.11. The summed E-state index contributed by atoms with van der Waals surface area (Å²) in [5.74, 6) is -2.26. The standard InChI is InChI=1S/C26H22N2O6S/c1-4-14-34-25(32)23-15(2)27-26(35-23)28-20(17-12-8-9-13-18(17)33-3)19(22(30)24(28)31)21(29)16-10-6-5-7-11-16/h4-13,20,29H,1,14H2,2-3H3/b21-19-. The van der Waals surface area contributed by atoms with Gasteiger partial charge >= 0.3 is 11.9 Å². The Morgan fingerprint density at radius 3 is 2.54 bits per heavy atom. The summed E-state index contributed by atoms with van der Waals surface area (Å²) in [6.07, 6.45) is 1.44. The van der Waals surface area contributed by atoms with Crippen molar-refractivity contribution in [3.8, 4) is 5.75 Å². The molecule has 1 fully saturated rings. The Balaban J connectivity index is 1.92. The van der Waals surface area contributed by atoms with Gasteiger partial charge in [-0.1, -0.05) is 72.5 Å². The van der Waals surface area contributed by atoms with Gasteiger partial charge in [-0.3, -0.25) is 14.5 Å². The fraction of sp³-hybridized carbons (Fsp3) is 0.154. The molecule has 1 unspecified atom stereocenters. The number of esters is 1. The fourth-order valence-corrected chi connectivity index (χ4v) is 4.83. The molecule has 1 aliphatic rings. The van der Waals surface area contributed by atoms with Gasteiger partial charge in [-0.25, -0.2) is 9.78 Å². The minimum atomic E-state index is -1.03. The van der Waals surface area contributed by atoms with Gasteiger partial charge in [0.15, 0.2) is 5.13 Å². The molecule has 0 aliphatic carbocycles. The van der Waals surface area contributed by atoms with Crippen molar-refractivity contribution in [2.75, 3.05) is 18.6 Å². The summed E-state index contributed by atoms with van der Waals surface area (Å²) in [4.78, 5) is 44.9. The van der Waals surface area contributed by atoms with E-state index >= 15 is 0 Å². The molecule has 1 atom stereocenters. The van der Waals surface area contributed by atoms with E-state index in [0.29, 0.717) is 22.6 Å². The number of para-hydroxylation sites is 1. The Bertz CT molecular complexity index is 1340. The van der Waals surface area contributed by atoms with Crippen LogP contribution in [-0.2, 0) is 14.3 Å². The summed E-state index contributed by atoms with van der Waals surface area (Å²) >= 11 is 0.930. The third-order valence-corrected chi connectivity index (χ3v) is 6.57. The lowest BCUT2D eigenvalue weighted by Gasteiger charge is -2.24. The number of carbonyl (C=O) groups is 3. The van der Waals surface area contributed by atoms with Crippen LogP contribution < -0.4 is 9.64 Å². The predicted octanol–water partition coefficient (Wildman–Crippen LogP) is 4.43. The molecule has 178 valence electrons. The van der Waals surface area contributed by atoms with Crippen molar-refractivity contribution in [1.82, 2.24) is 4.98 Å². The second-order valence-corrected chi connectivity index (χ2v) is 8.55. The van der Waals surface area contributed by atoms with E-state index in [0.717, 1.165) is 11.3 Å². The van der Waals surface area contributed by atoms with Crippen LogP contribution in [0, 0.1) is 6.92 Å². The number of hydrogen-bond donors (Lipinski definition) is 1. The average molecular weight is 491 g/mol. The number of ketones is 1. The Labute approximate surface area is 205 Å². The first-order valence-corrected chi connectivity index (χ1v) is 11.5. The number of methoxy groups -OCH3 is 1. The zero-order valence-corrected chi connectivity index (χ0v) is 19.9. The number of Topliss-reactive ketones (excluding diaryl/α,β-unsaturated/α-hetero) is 1. The largest absolute Gasteiger partial charge is 0.507 e. The number of anilines is 1. The molecule has 1 aliphatic heterocycles. The van der Waals surface area contributed by atoms with Crippen LogP contribution in [0.3, 0.4) is 0 Å². The van der Waals surface area contributed by atoms with Gasteiger partial charge in [0.1, 0.15) is 29.0 Å². The van der Waals surface area contributed by atoms with Crippen LogP contribution in [0.15, 0.2) is 72.8 Å². The van der Waals surface area contributed by atoms with Crippen molar-refractivity contribution in [1.29, 1.82) is 0 Å². The summed E-state index contributed by atoms with van der Waals surface area (Å²) in [6.45, 7) is 5.16. The fourth-order valence-electron chi connectivity index (χ4n) is 3.84. The molecule has 0 bridgehead atoms. The van der Waals surface area contributed by atoms with E-state index < -0.39 is 23.7 Å². The van der Waals surface area contributed by atoms with Gasteiger partial charge in [0.2, 0.25) is 0 Å². The lowest BCUT2D eigenvalue weighted by atomic mass is 9.95. The lowest BCUT2D eigenvalue weighted by Crippen LogP contribution is -2.29. The summed E-state index contributed by atoms with van der Waals surface area (Å²) in [7, 11) is 1.48. The number of aromatic nitrogens is 1. The maximum absolute atomic E-state index is 13.3. The van der Waals surface area contributed by atoms with Crippen molar-refractivity contribution in [2.45, 2.75) is 13.0 Å². The summed E-state index contributed by atoms with van der Waals surface area (Å²) in [6, 6.07) is 14.4. The first-order valence-electron chi connectivity index (χ1n) is 10.6. The van der Waals surface area contributed by atoms with Crippen molar-refractivity contribution < 1.29 is 29.0 Å². The highest BCUT2D eigenvalue weighted by atomic mass is 32.1. The summed E-state index contributed by atoms with van der Waals surface area (Å²) < 4.78 is 10.6. The minimum Gasteiger partial charge on any atom is -0.507 e. The SMILES string of the molecule is C=CCOC(=O)c1sc(N2C(=O)C(=O)/C(=C(\O)c3ccccc3)C2c2ccccc2OC)nc1C. The summed E-state index contributed by atoms with van der Waals surface area (Å²) in [5, 5.41) is 11.3. The van der Waals surface area contributed by atoms with Crippen LogP contribution in [0.2, 0.25) is 0 Å². The highest BCUT2D eigenvalue weighted by Gasteiger charge is 2.49. The molecule has 0 radical (unpaired) electrons. The third-order valence-electron chi connectivity index (χ3n) is 5.43. The molecule has 1 saturated heterocycles. The number of nitrogens with zero attached hydrogens (tertiary/aromatic N) is 2. The Morgan fingerprint density at radius 2 is 1.86 bits per heavy atom. The molecule has 0 spiro atoms. The number of ether oxygens (including phenoxy) is 2.